The highest BCUT2D eigenvalue weighted by atomic mass is 16.1. The van der Waals surface area contributed by atoms with E-state index in [1.807, 2.05) is 12.1 Å². The lowest BCUT2D eigenvalue weighted by Crippen LogP contribution is -2.24. The Morgan fingerprint density at radius 3 is 2.70 bits per heavy atom. The quantitative estimate of drug-likeness (QED) is 0.879. The van der Waals surface area contributed by atoms with Crippen LogP contribution in [-0.2, 0) is 4.79 Å². The van der Waals surface area contributed by atoms with Crippen LogP contribution in [0.25, 0.3) is 0 Å². The maximum Gasteiger partial charge on any atom is 0.226 e. The summed E-state index contributed by atoms with van der Waals surface area (Å²) >= 11 is 0. The molecular weight excluding hydrogens is 252 g/mol. The van der Waals surface area contributed by atoms with E-state index in [9.17, 15) is 4.79 Å². The van der Waals surface area contributed by atoms with Gasteiger partial charge in [-0.15, -0.1) is 0 Å². The Bertz CT molecular complexity index is 645. The molecular formula is C15H16N4O. The van der Waals surface area contributed by atoms with Gasteiger partial charge in [0.15, 0.2) is 5.82 Å². The average molecular weight is 268 g/mol. The number of nitrogens with zero attached hydrogens (tertiary/aromatic N) is 2. The number of aromatic amines is 1. The van der Waals surface area contributed by atoms with E-state index in [0.29, 0.717) is 18.2 Å². The van der Waals surface area contributed by atoms with Crippen molar-refractivity contribution in [3.63, 3.8) is 0 Å². The van der Waals surface area contributed by atoms with Crippen molar-refractivity contribution in [2.24, 2.45) is 0 Å². The Morgan fingerprint density at radius 1 is 1.20 bits per heavy atom. The Morgan fingerprint density at radius 2 is 2.00 bits per heavy atom. The second kappa shape index (κ2) is 4.44. The predicted octanol–water partition coefficient (Wildman–Crippen LogP) is 2.55. The molecule has 102 valence electrons. The molecule has 1 fully saturated rings. The zero-order valence-electron chi connectivity index (χ0n) is 11.1. The van der Waals surface area contributed by atoms with Crippen molar-refractivity contribution in [1.82, 2.24) is 15.2 Å². The summed E-state index contributed by atoms with van der Waals surface area (Å²) in [6.45, 7) is 0. The van der Waals surface area contributed by atoms with E-state index in [1.165, 1.54) is 30.5 Å². The summed E-state index contributed by atoms with van der Waals surface area (Å²) in [5.41, 5.74) is 3.53. The van der Waals surface area contributed by atoms with Crippen molar-refractivity contribution < 1.29 is 4.79 Å². The highest BCUT2D eigenvalue weighted by Gasteiger charge is 2.35. The van der Waals surface area contributed by atoms with Crippen LogP contribution in [0.1, 0.15) is 54.3 Å². The summed E-state index contributed by atoms with van der Waals surface area (Å²) in [5.74, 6) is 1.41. The number of nitrogens with one attached hydrogen (secondary N) is 2. The number of hydrogen-bond donors (Lipinski definition) is 2. The van der Waals surface area contributed by atoms with Crippen LogP contribution >= 0.6 is 0 Å². The van der Waals surface area contributed by atoms with E-state index < -0.39 is 0 Å². The van der Waals surface area contributed by atoms with Crippen LogP contribution in [0.15, 0.2) is 24.5 Å². The van der Waals surface area contributed by atoms with Crippen LogP contribution < -0.4 is 5.32 Å². The number of H-pyrrole nitrogens is 1. The van der Waals surface area contributed by atoms with Gasteiger partial charge in [-0.1, -0.05) is 6.42 Å². The molecule has 0 bridgehead atoms. The van der Waals surface area contributed by atoms with Crippen molar-refractivity contribution in [3.05, 3.63) is 41.3 Å². The third-order valence-corrected chi connectivity index (χ3v) is 4.45. The van der Waals surface area contributed by atoms with E-state index in [4.69, 9.17) is 0 Å². The number of rotatable bonds is 2. The molecule has 2 N–H and O–H groups in total. The van der Waals surface area contributed by atoms with Crippen molar-refractivity contribution in [3.8, 4) is 0 Å². The van der Waals surface area contributed by atoms with E-state index in [-0.39, 0.29) is 11.8 Å². The summed E-state index contributed by atoms with van der Waals surface area (Å²) < 4.78 is 0. The standard InChI is InChI=1S/C15H16N4O/c20-12-8-11(9-4-6-16-7-5-9)13-14(10-2-1-3-10)18-19-15(13)17-12/h4-7,10-11H,1-3,8H2,(H2,17,18,19,20). The van der Waals surface area contributed by atoms with Gasteiger partial charge in [-0.05, 0) is 30.5 Å². The number of hydrogen-bond acceptors (Lipinski definition) is 3. The molecule has 0 saturated heterocycles. The molecule has 2 aromatic rings. The minimum Gasteiger partial charge on any atom is -0.309 e. The first kappa shape index (κ1) is 11.6. The maximum absolute atomic E-state index is 11.9. The highest BCUT2D eigenvalue weighted by molar-refractivity contribution is 5.94. The first-order valence-electron chi connectivity index (χ1n) is 7.11. The van der Waals surface area contributed by atoms with Gasteiger partial charge in [-0.2, -0.15) is 5.10 Å². The molecule has 2 aliphatic rings. The van der Waals surface area contributed by atoms with Gasteiger partial charge in [-0.25, -0.2) is 0 Å². The van der Waals surface area contributed by atoms with Crippen molar-refractivity contribution in [1.29, 1.82) is 0 Å². The molecule has 0 spiro atoms. The second-order valence-corrected chi connectivity index (χ2v) is 5.61. The zero-order chi connectivity index (χ0) is 13.5. The SMILES string of the molecule is O=C1CC(c2ccncc2)c2c(n[nH]c2C2CCC2)N1. The summed E-state index contributed by atoms with van der Waals surface area (Å²) in [7, 11) is 0. The topological polar surface area (TPSA) is 70.7 Å². The van der Waals surface area contributed by atoms with Gasteiger partial charge in [0.1, 0.15) is 0 Å². The van der Waals surface area contributed by atoms with Crippen LogP contribution in [0.5, 0.6) is 0 Å². The molecule has 20 heavy (non-hydrogen) atoms. The van der Waals surface area contributed by atoms with Crippen molar-refractivity contribution in [2.75, 3.05) is 5.32 Å². The van der Waals surface area contributed by atoms with Crippen molar-refractivity contribution >= 4 is 11.7 Å². The maximum atomic E-state index is 11.9. The Kier molecular flexibility index (Phi) is 2.58. The predicted molar refractivity (Wildman–Crippen MR) is 74.5 cm³/mol. The fourth-order valence-corrected chi connectivity index (χ4v) is 3.17. The van der Waals surface area contributed by atoms with Crippen LogP contribution in [-0.4, -0.2) is 21.1 Å². The largest absolute Gasteiger partial charge is 0.309 e. The number of amides is 1. The van der Waals surface area contributed by atoms with Gasteiger partial charge in [0.05, 0.1) is 0 Å². The number of carbonyl (C=O) groups is 1. The molecule has 0 aromatic carbocycles. The molecule has 1 aliphatic carbocycles. The van der Waals surface area contributed by atoms with Crippen molar-refractivity contribution in [2.45, 2.75) is 37.5 Å². The van der Waals surface area contributed by atoms with Crippen LogP contribution in [0.2, 0.25) is 0 Å². The number of aromatic nitrogens is 3. The van der Waals surface area contributed by atoms with E-state index in [0.717, 1.165) is 5.56 Å². The fraction of sp³-hybridized carbons (Fsp3) is 0.400. The summed E-state index contributed by atoms with van der Waals surface area (Å²) in [4.78, 5) is 16.0. The smallest absolute Gasteiger partial charge is 0.226 e. The number of anilines is 1. The lowest BCUT2D eigenvalue weighted by Gasteiger charge is -2.29. The Balaban J connectivity index is 1.81. The average Bonchev–Trinajstić information content (AvgIpc) is 2.80. The normalized spacial score (nSPS) is 22.0. The third-order valence-electron chi connectivity index (χ3n) is 4.45. The van der Waals surface area contributed by atoms with Crippen LogP contribution in [0.4, 0.5) is 5.82 Å². The van der Waals surface area contributed by atoms with E-state index in [2.05, 4.69) is 20.5 Å². The monoisotopic (exact) mass is 268 g/mol. The minimum atomic E-state index is 0.0333. The summed E-state index contributed by atoms with van der Waals surface area (Å²) in [6.07, 6.45) is 7.76. The summed E-state index contributed by atoms with van der Waals surface area (Å²) in [6, 6.07) is 3.98. The Hall–Kier alpha value is -2.17. The van der Waals surface area contributed by atoms with Gasteiger partial charge in [0.25, 0.3) is 0 Å². The molecule has 5 nitrogen and oxygen atoms in total. The molecule has 2 aromatic heterocycles. The molecule has 1 saturated carbocycles. The van der Waals surface area contributed by atoms with Crippen LogP contribution in [0.3, 0.4) is 0 Å². The van der Waals surface area contributed by atoms with Gasteiger partial charge >= 0.3 is 0 Å². The van der Waals surface area contributed by atoms with Gasteiger partial charge in [-0.3, -0.25) is 14.9 Å². The highest BCUT2D eigenvalue weighted by Crippen LogP contribution is 2.45. The van der Waals surface area contributed by atoms with E-state index in [1.54, 1.807) is 12.4 Å². The number of fused-ring (bicyclic) bond motifs is 1. The minimum absolute atomic E-state index is 0.0333. The lowest BCUT2D eigenvalue weighted by atomic mass is 9.77. The number of carbonyl (C=O) groups excluding carboxylic acids is 1. The Labute approximate surface area is 116 Å². The molecule has 1 unspecified atom stereocenters. The van der Waals surface area contributed by atoms with Crippen LogP contribution in [0, 0.1) is 0 Å². The van der Waals surface area contributed by atoms with Gasteiger partial charge < -0.3 is 5.32 Å². The molecule has 1 atom stereocenters. The zero-order valence-corrected chi connectivity index (χ0v) is 11.1. The lowest BCUT2D eigenvalue weighted by molar-refractivity contribution is -0.116. The van der Waals surface area contributed by atoms with Gasteiger partial charge in [0.2, 0.25) is 5.91 Å². The first-order valence-corrected chi connectivity index (χ1v) is 7.11. The number of pyridine rings is 1. The molecule has 3 heterocycles. The summed E-state index contributed by atoms with van der Waals surface area (Å²) in [5, 5.41) is 10.4. The molecule has 5 heteroatoms. The molecule has 4 rings (SSSR count). The third kappa shape index (κ3) is 1.73. The van der Waals surface area contributed by atoms with Gasteiger partial charge in [0, 0.05) is 41.9 Å². The molecule has 0 radical (unpaired) electrons. The first-order chi connectivity index (χ1) is 9.83. The molecule has 1 amide bonds. The second-order valence-electron chi connectivity index (χ2n) is 5.61. The molecule has 1 aliphatic heterocycles. The van der Waals surface area contributed by atoms with E-state index >= 15 is 0 Å². The fourth-order valence-electron chi connectivity index (χ4n) is 3.17.